The van der Waals surface area contributed by atoms with Crippen LogP contribution in [0, 0.1) is 6.92 Å². The zero-order valence-electron chi connectivity index (χ0n) is 16.1. The lowest BCUT2D eigenvalue weighted by Crippen LogP contribution is -2.33. The molecule has 2 amide bonds. The highest BCUT2D eigenvalue weighted by Crippen LogP contribution is 2.38. The number of aryl methyl sites for hydroxylation is 1. The van der Waals surface area contributed by atoms with Crippen LogP contribution in [0.15, 0.2) is 48.5 Å². The van der Waals surface area contributed by atoms with Crippen LogP contribution < -0.4 is 0 Å². The maximum Gasteiger partial charge on any atom is 0.262 e. The molecule has 4 aromatic rings. The van der Waals surface area contributed by atoms with Crippen LogP contribution in [0.25, 0.3) is 21.6 Å². The van der Waals surface area contributed by atoms with Crippen LogP contribution in [0.2, 0.25) is 5.02 Å². The van der Waals surface area contributed by atoms with E-state index < -0.39 is 6.04 Å². The molecule has 1 aliphatic heterocycles. The number of hydrogen-bond donors (Lipinski definition) is 0. The summed E-state index contributed by atoms with van der Waals surface area (Å²) in [4.78, 5) is 32.1. The van der Waals surface area contributed by atoms with Crippen LogP contribution in [-0.2, 0) is 0 Å². The van der Waals surface area contributed by atoms with Crippen molar-refractivity contribution in [3.05, 3.63) is 75.3 Å². The van der Waals surface area contributed by atoms with Gasteiger partial charge in [-0.3, -0.25) is 14.5 Å². The number of para-hydroxylation sites is 1. The summed E-state index contributed by atoms with van der Waals surface area (Å²) in [5.74, 6) is -0.623. The number of imide groups is 1. The Morgan fingerprint density at radius 3 is 2.33 bits per heavy atom. The van der Waals surface area contributed by atoms with Gasteiger partial charge in [-0.15, -0.1) is 10.2 Å². The fraction of sp³-hybridized carbons (Fsp3) is 0.136. The van der Waals surface area contributed by atoms with Gasteiger partial charge in [0.1, 0.15) is 10.7 Å². The van der Waals surface area contributed by atoms with Crippen molar-refractivity contribution >= 4 is 45.7 Å². The van der Waals surface area contributed by atoms with Crippen molar-refractivity contribution in [3.63, 3.8) is 0 Å². The number of aromatic nitrogens is 3. The van der Waals surface area contributed by atoms with Gasteiger partial charge in [-0.2, -0.15) is 0 Å². The molecular formula is C22H15ClN4O2S. The molecule has 0 spiro atoms. The van der Waals surface area contributed by atoms with Crippen LogP contribution in [0.5, 0.6) is 0 Å². The van der Waals surface area contributed by atoms with Crippen LogP contribution in [0.4, 0.5) is 0 Å². The summed E-state index contributed by atoms with van der Waals surface area (Å²) in [7, 11) is 0. The van der Waals surface area contributed by atoms with E-state index in [0.29, 0.717) is 32.4 Å². The SMILES string of the molecule is Cc1nnc(-c2nc3c(Cl)cccc3cc2[C@H](C)N2C(=O)c3ccccc3C2=O)s1. The molecule has 0 saturated carbocycles. The number of carbonyl (C=O) groups excluding carboxylic acids is 2. The minimum atomic E-state index is -0.549. The van der Waals surface area contributed by atoms with Crippen LogP contribution in [0.1, 0.15) is 44.3 Å². The van der Waals surface area contributed by atoms with Crippen molar-refractivity contribution in [1.82, 2.24) is 20.1 Å². The van der Waals surface area contributed by atoms with Crippen molar-refractivity contribution in [2.24, 2.45) is 0 Å². The molecular weight excluding hydrogens is 420 g/mol. The molecule has 0 radical (unpaired) electrons. The Labute approximate surface area is 181 Å². The number of hydrogen-bond acceptors (Lipinski definition) is 6. The van der Waals surface area contributed by atoms with E-state index in [2.05, 4.69) is 10.2 Å². The average molecular weight is 435 g/mol. The quantitative estimate of drug-likeness (QED) is 0.420. The number of nitrogens with zero attached hydrogens (tertiary/aromatic N) is 4. The molecule has 148 valence electrons. The number of fused-ring (bicyclic) bond motifs is 2. The second kappa shape index (κ2) is 6.97. The lowest BCUT2D eigenvalue weighted by atomic mass is 10.0. The molecule has 5 rings (SSSR count). The predicted octanol–water partition coefficient (Wildman–Crippen LogP) is 5.07. The summed E-state index contributed by atoms with van der Waals surface area (Å²) in [5, 5.41) is 11.1. The lowest BCUT2D eigenvalue weighted by molar-refractivity contribution is 0.0595. The Balaban J connectivity index is 1.70. The van der Waals surface area contributed by atoms with E-state index in [-0.39, 0.29) is 11.8 Å². The smallest absolute Gasteiger partial charge is 0.262 e. The second-order valence-electron chi connectivity index (χ2n) is 7.07. The molecule has 0 bridgehead atoms. The van der Waals surface area contributed by atoms with Crippen LogP contribution >= 0.6 is 22.9 Å². The Hall–Kier alpha value is -3.16. The van der Waals surface area contributed by atoms with Crippen molar-refractivity contribution in [2.75, 3.05) is 0 Å². The van der Waals surface area contributed by atoms with E-state index in [1.807, 2.05) is 32.0 Å². The molecule has 2 aromatic heterocycles. The van der Waals surface area contributed by atoms with E-state index in [9.17, 15) is 9.59 Å². The van der Waals surface area contributed by atoms with Crippen LogP contribution in [-0.4, -0.2) is 31.9 Å². The van der Waals surface area contributed by atoms with Gasteiger partial charge >= 0.3 is 0 Å². The molecule has 3 heterocycles. The van der Waals surface area contributed by atoms with E-state index in [0.717, 1.165) is 16.0 Å². The Bertz CT molecular complexity index is 1320. The van der Waals surface area contributed by atoms with Crippen molar-refractivity contribution in [2.45, 2.75) is 19.9 Å². The zero-order chi connectivity index (χ0) is 21.0. The van der Waals surface area contributed by atoms with Gasteiger partial charge in [0.25, 0.3) is 11.8 Å². The number of rotatable bonds is 3. The third-order valence-corrected chi connectivity index (χ3v) is 6.37. The molecule has 0 aliphatic carbocycles. The third-order valence-electron chi connectivity index (χ3n) is 5.22. The highest BCUT2D eigenvalue weighted by atomic mass is 35.5. The summed E-state index contributed by atoms with van der Waals surface area (Å²) in [6, 6.07) is 13.8. The zero-order valence-corrected chi connectivity index (χ0v) is 17.7. The molecule has 6 nitrogen and oxygen atoms in total. The van der Waals surface area contributed by atoms with Crippen molar-refractivity contribution < 1.29 is 9.59 Å². The molecule has 1 aliphatic rings. The van der Waals surface area contributed by atoms with Gasteiger partial charge < -0.3 is 0 Å². The van der Waals surface area contributed by atoms with Crippen molar-refractivity contribution in [1.29, 1.82) is 0 Å². The number of halogens is 1. The monoisotopic (exact) mass is 434 g/mol. The molecule has 30 heavy (non-hydrogen) atoms. The minimum absolute atomic E-state index is 0.311. The maximum absolute atomic E-state index is 13.0. The van der Waals surface area contributed by atoms with Gasteiger partial charge in [0.2, 0.25) is 0 Å². The third kappa shape index (κ3) is 2.81. The van der Waals surface area contributed by atoms with Gasteiger partial charge in [0.05, 0.1) is 27.7 Å². The predicted molar refractivity (Wildman–Crippen MR) is 116 cm³/mol. The van der Waals surface area contributed by atoms with Gasteiger partial charge in [0.15, 0.2) is 5.01 Å². The summed E-state index contributed by atoms with van der Waals surface area (Å²) in [6.07, 6.45) is 0. The maximum atomic E-state index is 13.0. The van der Waals surface area contributed by atoms with Gasteiger partial charge in [-0.1, -0.05) is 47.2 Å². The highest BCUT2D eigenvalue weighted by molar-refractivity contribution is 7.14. The lowest BCUT2D eigenvalue weighted by Gasteiger charge is -2.24. The summed E-state index contributed by atoms with van der Waals surface area (Å²) < 4.78 is 0. The fourth-order valence-electron chi connectivity index (χ4n) is 3.76. The number of pyridine rings is 1. The van der Waals surface area contributed by atoms with E-state index in [4.69, 9.17) is 16.6 Å². The molecule has 1 atom stereocenters. The molecule has 0 saturated heterocycles. The molecule has 0 N–H and O–H groups in total. The summed E-state index contributed by atoms with van der Waals surface area (Å²) in [5.41, 5.74) is 2.76. The molecule has 0 fully saturated rings. The first-order chi connectivity index (χ1) is 14.5. The number of carbonyl (C=O) groups is 2. The average Bonchev–Trinajstić information content (AvgIpc) is 3.29. The molecule has 0 unspecified atom stereocenters. The normalized spacial score (nSPS) is 14.4. The fourth-order valence-corrected chi connectivity index (χ4v) is 4.69. The van der Waals surface area contributed by atoms with E-state index >= 15 is 0 Å². The van der Waals surface area contributed by atoms with E-state index in [1.54, 1.807) is 30.3 Å². The van der Waals surface area contributed by atoms with Gasteiger partial charge in [-0.25, -0.2) is 4.98 Å². The Morgan fingerprint density at radius 1 is 1.00 bits per heavy atom. The molecule has 2 aromatic carbocycles. The van der Waals surface area contributed by atoms with Crippen LogP contribution in [0.3, 0.4) is 0 Å². The first-order valence-corrected chi connectivity index (χ1v) is 10.5. The van der Waals surface area contributed by atoms with E-state index in [1.165, 1.54) is 16.2 Å². The second-order valence-corrected chi connectivity index (χ2v) is 8.65. The minimum Gasteiger partial charge on any atom is -0.269 e. The number of benzene rings is 2. The Kier molecular flexibility index (Phi) is 4.38. The molecule has 8 heteroatoms. The van der Waals surface area contributed by atoms with Crippen molar-refractivity contribution in [3.8, 4) is 10.7 Å². The largest absolute Gasteiger partial charge is 0.269 e. The highest BCUT2D eigenvalue weighted by Gasteiger charge is 2.39. The number of amides is 2. The summed E-state index contributed by atoms with van der Waals surface area (Å²) in [6.45, 7) is 3.69. The summed E-state index contributed by atoms with van der Waals surface area (Å²) >= 11 is 7.78. The standard InChI is InChI=1S/C22H15ClN4O2S/c1-11(27-21(28)14-7-3-4-8-15(14)22(27)29)16-10-13-6-5-9-17(23)18(13)24-19(16)20-26-25-12(2)30-20/h3-11H,1-2H3/t11-/m0/s1. The first kappa shape index (κ1) is 18.8. The van der Waals surface area contributed by atoms with Gasteiger partial charge in [0, 0.05) is 10.9 Å². The first-order valence-electron chi connectivity index (χ1n) is 9.32. The topological polar surface area (TPSA) is 76.1 Å². The van der Waals surface area contributed by atoms with Gasteiger partial charge in [-0.05, 0) is 38.1 Å². The Morgan fingerprint density at radius 2 is 1.70 bits per heavy atom.